The third-order valence-electron chi connectivity index (χ3n) is 5.45. The zero-order valence-electron chi connectivity index (χ0n) is 12.6. The molecule has 2 aromatic rings. The number of benzene rings is 1. The number of nitrogens with zero attached hydrogens (tertiary/aromatic N) is 1. The Balaban J connectivity index is 1.66. The molecule has 1 N–H and O–H groups in total. The van der Waals surface area contributed by atoms with Crippen LogP contribution in [0.5, 0.6) is 0 Å². The second-order valence-corrected chi connectivity index (χ2v) is 7.07. The molecule has 1 saturated heterocycles. The van der Waals surface area contributed by atoms with E-state index in [0.717, 1.165) is 6.54 Å². The minimum atomic E-state index is 0.716. The predicted molar refractivity (Wildman–Crippen MR) is 84.0 cm³/mol. The number of likely N-dealkylation sites (tertiary alicyclic amines) is 1. The number of fused-ring (bicyclic) bond motifs is 1. The van der Waals surface area contributed by atoms with E-state index >= 15 is 0 Å². The first-order valence-corrected chi connectivity index (χ1v) is 7.95. The van der Waals surface area contributed by atoms with E-state index in [4.69, 9.17) is 0 Å². The summed E-state index contributed by atoms with van der Waals surface area (Å²) < 4.78 is 0. The first-order chi connectivity index (χ1) is 9.67. The second kappa shape index (κ2) is 4.36. The van der Waals surface area contributed by atoms with Crippen LogP contribution < -0.4 is 0 Å². The quantitative estimate of drug-likeness (QED) is 0.866. The largest absolute Gasteiger partial charge is 0.361 e. The topological polar surface area (TPSA) is 19.0 Å². The summed E-state index contributed by atoms with van der Waals surface area (Å²) in [5.74, 6) is 0. The van der Waals surface area contributed by atoms with Crippen molar-refractivity contribution >= 4 is 10.9 Å². The van der Waals surface area contributed by atoms with E-state index < -0.39 is 0 Å². The van der Waals surface area contributed by atoms with Gasteiger partial charge in [-0.25, -0.2) is 0 Å². The van der Waals surface area contributed by atoms with E-state index in [2.05, 4.69) is 42.1 Å². The lowest BCUT2D eigenvalue weighted by molar-refractivity contribution is 0.154. The standard InChI is InChI=1S/C18H24N2/c1-13-10-14(2)17-15(4-8-19-17)16(13)11-20-9-3-5-18(12-20)6-7-18/h4,8,10,19H,3,5-7,9,11-12H2,1-2H3. The third-order valence-corrected chi connectivity index (χ3v) is 5.45. The molecule has 2 heterocycles. The Morgan fingerprint density at radius 3 is 2.85 bits per heavy atom. The van der Waals surface area contributed by atoms with Crippen LogP contribution in [0.2, 0.25) is 0 Å². The predicted octanol–water partition coefficient (Wildman–Crippen LogP) is 4.16. The van der Waals surface area contributed by atoms with Crippen molar-refractivity contribution in [2.24, 2.45) is 5.41 Å². The lowest BCUT2D eigenvalue weighted by Gasteiger charge is -2.33. The van der Waals surface area contributed by atoms with Crippen molar-refractivity contribution in [2.45, 2.75) is 46.1 Å². The zero-order chi connectivity index (χ0) is 13.7. The average Bonchev–Trinajstić information content (AvgIpc) is 2.99. The minimum Gasteiger partial charge on any atom is -0.361 e. The van der Waals surface area contributed by atoms with Crippen LogP contribution in [0.4, 0.5) is 0 Å². The summed E-state index contributed by atoms with van der Waals surface area (Å²) in [5, 5.41) is 1.43. The highest BCUT2D eigenvalue weighted by Gasteiger charge is 2.45. The number of aromatic nitrogens is 1. The van der Waals surface area contributed by atoms with Crippen LogP contribution in [-0.2, 0) is 6.54 Å². The molecule has 2 heteroatoms. The van der Waals surface area contributed by atoms with Crippen molar-refractivity contribution < 1.29 is 0 Å². The molecule has 2 nitrogen and oxygen atoms in total. The Kier molecular flexibility index (Phi) is 2.71. The van der Waals surface area contributed by atoms with Crippen molar-refractivity contribution in [3.8, 4) is 0 Å². The van der Waals surface area contributed by atoms with E-state index in [1.54, 1.807) is 0 Å². The molecule has 0 unspecified atom stereocenters. The second-order valence-electron chi connectivity index (χ2n) is 7.07. The highest BCUT2D eigenvalue weighted by atomic mass is 15.1. The molecule has 1 saturated carbocycles. The Morgan fingerprint density at radius 1 is 1.20 bits per heavy atom. The van der Waals surface area contributed by atoms with Gasteiger partial charge in [-0.05, 0) is 74.2 Å². The molecule has 0 amide bonds. The maximum atomic E-state index is 3.40. The first kappa shape index (κ1) is 12.5. The fraction of sp³-hybridized carbons (Fsp3) is 0.556. The van der Waals surface area contributed by atoms with Gasteiger partial charge in [0.2, 0.25) is 0 Å². The number of H-pyrrole nitrogens is 1. The summed E-state index contributed by atoms with van der Waals surface area (Å²) >= 11 is 0. The summed E-state index contributed by atoms with van der Waals surface area (Å²) in [6.45, 7) is 8.21. The molecule has 1 aliphatic heterocycles. The molecular weight excluding hydrogens is 244 g/mol. The number of rotatable bonds is 2. The van der Waals surface area contributed by atoms with Crippen LogP contribution >= 0.6 is 0 Å². The molecule has 1 spiro atoms. The third kappa shape index (κ3) is 1.98. The average molecular weight is 268 g/mol. The summed E-state index contributed by atoms with van der Waals surface area (Å²) in [6, 6.07) is 4.59. The molecule has 1 aliphatic carbocycles. The fourth-order valence-corrected chi connectivity index (χ4v) is 4.11. The maximum Gasteiger partial charge on any atom is 0.0487 e. The van der Waals surface area contributed by atoms with Gasteiger partial charge in [-0.15, -0.1) is 0 Å². The summed E-state index contributed by atoms with van der Waals surface area (Å²) in [5.41, 5.74) is 6.38. The molecule has 0 radical (unpaired) electrons. The first-order valence-electron chi connectivity index (χ1n) is 7.95. The van der Waals surface area contributed by atoms with E-state index in [0.29, 0.717) is 5.41 Å². The number of hydrogen-bond acceptors (Lipinski definition) is 1. The van der Waals surface area contributed by atoms with Crippen LogP contribution in [0.25, 0.3) is 10.9 Å². The minimum absolute atomic E-state index is 0.716. The van der Waals surface area contributed by atoms with Gasteiger partial charge in [0, 0.05) is 30.2 Å². The monoisotopic (exact) mass is 268 g/mol. The smallest absolute Gasteiger partial charge is 0.0487 e. The maximum absolute atomic E-state index is 3.40. The zero-order valence-corrected chi connectivity index (χ0v) is 12.6. The Hall–Kier alpha value is -1.28. The van der Waals surface area contributed by atoms with E-state index in [9.17, 15) is 0 Å². The fourth-order valence-electron chi connectivity index (χ4n) is 4.11. The van der Waals surface area contributed by atoms with Gasteiger partial charge in [0.1, 0.15) is 0 Å². The van der Waals surface area contributed by atoms with Gasteiger partial charge in [0.15, 0.2) is 0 Å². The van der Waals surface area contributed by atoms with Crippen molar-refractivity contribution in [3.05, 3.63) is 35.0 Å². The molecule has 4 rings (SSSR count). The van der Waals surface area contributed by atoms with Gasteiger partial charge in [-0.2, -0.15) is 0 Å². The molecule has 1 aromatic carbocycles. The van der Waals surface area contributed by atoms with Crippen molar-refractivity contribution in [1.82, 2.24) is 9.88 Å². The Labute approximate surface area is 121 Å². The van der Waals surface area contributed by atoms with Crippen LogP contribution in [0.1, 0.15) is 42.4 Å². The number of hydrogen-bond donors (Lipinski definition) is 1. The molecule has 0 atom stereocenters. The Morgan fingerprint density at radius 2 is 2.05 bits per heavy atom. The van der Waals surface area contributed by atoms with E-state index in [1.165, 1.54) is 66.4 Å². The summed E-state index contributed by atoms with van der Waals surface area (Å²) in [4.78, 5) is 6.10. The van der Waals surface area contributed by atoms with Gasteiger partial charge >= 0.3 is 0 Å². The molecule has 2 fully saturated rings. The lowest BCUT2D eigenvalue weighted by atomic mass is 9.93. The summed E-state index contributed by atoms with van der Waals surface area (Å²) in [6.07, 6.45) is 7.88. The SMILES string of the molecule is Cc1cc(C)c2[nH]ccc2c1CN1CCCC2(CC2)C1. The van der Waals surface area contributed by atoms with Crippen molar-refractivity contribution in [2.75, 3.05) is 13.1 Å². The van der Waals surface area contributed by atoms with Crippen molar-refractivity contribution in [1.29, 1.82) is 0 Å². The van der Waals surface area contributed by atoms with Gasteiger partial charge in [0.25, 0.3) is 0 Å². The number of aromatic amines is 1. The highest BCUT2D eigenvalue weighted by molar-refractivity contribution is 5.86. The van der Waals surface area contributed by atoms with Crippen molar-refractivity contribution in [3.63, 3.8) is 0 Å². The number of piperidine rings is 1. The highest BCUT2D eigenvalue weighted by Crippen LogP contribution is 2.52. The van der Waals surface area contributed by atoms with Crippen LogP contribution in [0, 0.1) is 19.3 Å². The number of nitrogens with one attached hydrogen (secondary N) is 1. The molecule has 0 bridgehead atoms. The Bertz CT molecular complexity index is 649. The normalized spacial score (nSPS) is 21.7. The van der Waals surface area contributed by atoms with Crippen LogP contribution in [-0.4, -0.2) is 23.0 Å². The van der Waals surface area contributed by atoms with E-state index in [1.807, 2.05) is 0 Å². The molecular formula is C18H24N2. The molecule has 106 valence electrons. The van der Waals surface area contributed by atoms with Crippen LogP contribution in [0.3, 0.4) is 0 Å². The van der Waals surface area contributed by atoms with Gasteiger partial charge in [-0.3, -0.25) is 4.90 Å². The molecule has 1 aromatic heterocycles. The molecule has 20 heavy (non-hydrogen) atoms. The molecule has 2 aliphatic rings. The van der Waals surface area contributed by atoms with Gasteiger partial charge in [-0.1, -0.05) is 6.07 Å². The summed E-state index contributed by atoms with van der Waals surface area (Å²) in [7, 11) is 0. The van der Waals surface area contributed by atoms with Gasteiger partial charge in [0.05, 0.1) is 0 Å². The van der Waals surface area contributed by atoms with Gasteiger partial charge < -0.3 is 4.98 Å². The van der Waals surface area contributed by atoms with Crippen LogP contribution in [0.15, 0.2) is 18.3 Å². The lowest BCUT2D eigenvalue weighted by Crippen LogP contribution is -2.36. The van der Waals surface area contributed by atoms with E-state index in [-0.39, 0.29) is 0 Å². The number of aryl methyl sites for hydroxylation is 2.